The molecule has 2 aliphatic rings. The van der Waals surface area contributed by atoms with Gasteiger partial charge in [-0.1, -0.05) is 18.2 Å². The SMILES string of the molecule is Cc1ccc(-c2cc(C)c(-c3ccc(F)c4c3CCC4Oc3ccc4c(c3)OCC4CC(=O)O)c(C)c2)nc1. The molecule has 4 aromatic rings. The number of aliphatic carboxylic acids is 1. The standard InChI is InChI=1S/C33H30FNO4/c1-18-4-10-28(35-16-18)21-12-19(2)32(20(3)13-21)25-7-9-27(34)33-26(25)8-11-29(33)39-23-5-6-24-22(14-31(36)37)17-38-30(24)15-23/h4-7,9-10,12-13,15-16,22,29H,8,11,14,17H2,1-3H3,(H,36,37). The lowest BCUT2D eigenvalue weighted by Crippen LogP contribution is -2.07. The van der Waals surface area contributed by atoms with Gasteiger partial charge in [-0.2, -0.15) is 0 Å². The van der Waals surface area contributed by atoms with Gasteiger partial charge in [0.15, 0.2) is 0 Å². The molecule has 1 aliphatic carbocycles. The van der Waals surface area contributed by atoms with Crippen LogP contribution < -0.4 is 9.47 Å². The Hall–Kier alpha value is -4.19. The van der Waals surface area contributed by atoms with Crippen LogP contribution in [-0.4, -0.2) is 22.7 Å². The summed E-state index contributed by atoms with van der Waals surface area (Å²) in [6.07, 6.45) is 2.88. The summed E-state index contributed by atoms with van der Waals surface area (Å²) in [6, 6.07) is 17.3. The molecule has 0 amide bonds. The summed E-state index contributed by atoms with van der Waals surface area (Å²) >= 11 is 0. The lowest BCUT2D eigenvalue weighted by atomic mass is 9.88. The Morgan fingerprint density at radius 1 is 1.08 bits per heavy atom. The summed E-state index contributed by atoms with van der Waals surface area (Å²) in [6.45, 7) is 6.56. The molecule has 2 unspecified atom stereocenters. The lowest BCUT2D eigenvalue weighted by Gasteiger charge is -2.19. The number of nitrogens with zero attached hydrogens (tertiary/aromatic N) is 1. The molecular formula is C33H30FNO4. The summed E-state index contributed by atoms with van der Waals surface area (Å²) in [7, 11) is 0. The third kappa shape index (κ3) is 4.65. The van der Waals surface area contributed by atoms with Crippen LogP contribution >= 0.6 is 0 Å². The van der Waals surface area contributed by atoms with Gasteiger partial charge < -0.3 is 14.6 Å². The van der Waals surface area contributed by atoms with Crippen LogP contribution in [0.1, 0.15) is 58.2 Å². The van der Waals surface area contributed by atoms with Crippen LogP contribution in [0.15, 0.2) is 60.8 Å². The summed E-state index contributed by atoms with van der Waals surface area (Å²) < 4.78 is 27.3. The van der Waals surface area contributed by atoms with E-state index in [1.54, 1.807) is 12.1 Å². The van der Waals surface area contributed by atoms with Crippen molar-refractivity contribution in [3.05, 3.63) is 100.0 Å². The molecule has 0 radical (unpaired) electrons. The molecule has 6 heteroatoms. The Morgan fingerprint density at radius 2 is 1.87 bits per heavy atom. The van der Waals surface area contributed by atoms with Crippen LogP contribution in [0.5, 0.6) is 11.5 Å². The van der Waals surface area contributed by atoms with Crippen molar-refractivity contribution in [2.75, 3.05) is 6.61 Å². The van der Waals surface area contributed by atoms with Crippen molar-refractivity contribution in [1.82, 2.24) is 4.98 Å². The van der Waals surface area contributed by atoms with E-state index in [0.717, 1.165) is 56.6 Å². The number of aromatic nitrogens is 1. The second-order valence-electron chi connectivity index (χ2n) is 10.6. The van der Waals surface area contributed by atoms with Crippen LogP contribution in [-0.2, 0) is 11.2 Å². The van der Waals surface area contributed by atoms with E-state index in [1.807, 2.05) is 37.4 Å². The molecule has 2 heterocycles. The van der Waals surface area contributed by atoms with Crippen molar-refractivity contribution in [2.45, 2.75) is 52.1 Å². The Morgan fingerprint density at radius 3 is 2.59 bits per heavy atom. The van der Waals surface area contributed by atoms with Crippen molar-refractivity contribution in [1.29, 1.82) is 0 Å². The van der Waals surface area contributed by atoms with Crippen molar-refractivity contribution in [2.24, 2.45) is 0 Å². The zero-order valence-corrected chi connectivity index (χ0v) is 22.3. The number of pyridine rings is 1. The molecule has 1 aromatic heterocycles. The molecule has 0 spiro atoms. The van der Waals surface area contributed by atoms with Crippen molar-refractivity contribution in [3.63, 3.8) is 0 Å². The topological polar surface area (TPSA) is 68.7 Å². The Bertz CT molecular complexity index is 1570. The maximum Gasteiger partial charge on any atom is 0.304 e. The van der Waals surface area contributed by atoms with Crippen LogP contribution in [0.4, 0.5) is 4.39 Å². The molecule has 198 valence electrons. The molecule has 0 fully saturated rings. The largest absolute Gasteiger partial charge is 0.492 e. The van der Waals surface area contributed by atoms with Gasteiger partial charge in [0.2, 0.25) is 0 Å². The van der Waals surface area contributed by atoms with E-state index in [9.17, 15) is 4.79 Å². The number of rotatable bonds is 6. The van der Waals surface area contributed by atoms with E-state index >= 15 is 4.39 Å². The fraction of sp³-hybridized carbons (Fsp3) is 0.273. The maximum atomic E-state index is 15.3. The highest BCUT2D eigenvalue weighted by molar-refractivity contribution is 5.79. The number of carboxylic acids is 1. The third-order valence-corrected chi connectivity index (χ3v) is 7.86. The number of hydrogen-bond donors (Lipinski definition) is 1. The van der Waals surface area contributed by atoms with Gasteiger partial charge in [-0.05, 0) is 97.3 Å². The van der Waals surface area contributed by atoms with Crippen LogP contribution in [0, 0.1) is 26.6 Å². The minimum Gasteiger partial charge on any atom is -0.492 e. The van der Waals surface area contributed by atoms with Gasteiger partial charge in [0.1, 0.15) is 23.4 Å². The summed E-state index contributed by atoms with van der Waals surface area (Å²) in [4.78, 5) is 15.7. The number of carboxylic acid groups (broad SMARTS) is 1. The molecule has 39 heavy (non-hydrogen) atoms. The van der Waals surface area contributed by atoms with E-state index in [4.69, 9.17) is 14.6 Å². The second kappa shape index (κ2) is 9.84. The molecule has 3 aromatic carbocycles. The predicted molar refractivity (Wildman–Crippen MR) is 148 cm³/mol. The number of ether oxygens (including phenoxy) is 2. The van der Waals surface area contributed by atoms with E-state index < -0.39 is 12.1 Å². The van der Waals surface area contributed by atoms with Gasteiger partial charge in [0.25, 0.3) is 0 Å². The van der Waals surface area contributed by atoms with Gasteiger partial charge in [0.05, 0.1) is 18.7 Å². The Balaban J connectivity index is 1.31. The minimum absolute atomic E-state index is 0.0263. The summed E-state index contributed by atoms with van der Waals surface area (Å²) in [5.41, 5.74) is 10.0. The van der Waals surface area contributed by atoms with E-state index in [0.29, 0.717) is 30.1 Å². The Labute approximate surface area is 227 Å². The first-order valence-corrected chi connectivity index (χ1v) is 13.3. The first-order chi connectivity index (χ1) is 18.8. The maximum absolute atomic E-state index is 15.3. The number of carbonyl (C=O) groups is 1. The summed E-state index contributed by atoms with van der Waals surface area (Å²) in [5, 5.41) is 9.16. The average Bonchev–Trinajstić information content (AvgIpc) is 3.50. The zero-order valence-electron chi connectivity index (χ0n) is 22.3. The van der Waals surface area contributed by atoms with Gasteiger partial charge in [-0.25, -0.2) is 4.39 Å². The van der Waals surface area contributed by atoms with Crippen molar-refractivity contribution in [3.8, 4) is 33.9 Å². The molecule has 1 aliphatic heterocycles. The molecule has 0 bridgehead atoms. The van der Waals surface area contributed by atoms with E-state index in [2.05, 4.69) is 37.0 Å². The number of fused-ring (bicyclic) bond motifs is 2. The first kappa shape index (κ1) is 25.1. The number of hydrogen-bond acceptors (Lipinski definition) is 4. The van der Waals surface area contributed by atoms with Crippen LogP contribution in [0.3, 0.4) is 0 Å². The normalized spacial score (nSPS) is 17.4. The van der Waals surface area contributed by atoms with Crippen molar-refractivity contribution < 1.29 is 23.8 Å². The predicted octanol–water partition coefficient (Wildman–Crippen LogP) is 7.50. The molecule has 6 rings (SSSR count). The summed E-state index contributed by atoms with van der Waals surface area (Å²) in [5.74, 6) is -0.0442. The van der Waals surface area contributed by atoms with Crippen LogP contribution in [0.25, 0.3) is 22.4 Å². The van der Waals surface area contributed by atoms with Gasteiger partial charge >= 0.3 is 5.97 Å². The third-order valence-electron chi connectivity index (χ3n) is 7.86. The monoisotopic (exact) mass is 523 g/mol. The minimum atomic E-state index is -0.849. The fourth-order valence-electron chi connectivity index (χ4n) is 6.07. The van der Waals surface area contributed by atoms with E-state index in [1.165, 1.54) is 0 Å². The highest BCUT2D eigenvalue weighted by Gasteiger charge is 2.32. The smallest absolute Gasteiger partial charge is 0.304 e. The van der Waals surface area contributed by atoms with Gasteiger partial charge in [0, 0.05) is 34.9 Å². The van der Waals surface area contributed by atoms with Gasteiger partial charge in [-0.15, -0.1) is 0 Å². The molecule has 2 atom stereocenters. The lowest BCUT2D eigenvalue weighted by molar-refractivity contribution is -0.137. The zero-order chi connectivity index (χ0) is 27.3. The number of aryl methyl sites for hydroxylation is 3. The van der Waals surface area contributed by atoms with Gasteiger partial charge in [-0.3, -0.25) is 9.78 Å². The second-order valence-corrected chi connectivity index (χ2v) is 10.6. The Kier molecular flexibility index (Phi) is 6.34. The van der Waals surface area contributed by atoms with Crippen LogP contribution in [0.2, 0.25) is 0 Å². The number of halogens is 1. The molecule has 0 saturated carbocycles. The fourth-order valence-corrected chi connectivity index (χ4v) is 6.07. The number of benzene rings is 3. The average molecular weight is 524 g/mol. The highest BCUT2D eigenvalue weighted by atomic mass is 19.1. The van der Waals surface area contributed by atoms with Crippen molar-refractivity contribution >= 4 is 5.97 Å². The molecule has 1 N–H and O–H groups in total. The quantitative estimate of drug-likeness (QED) is 0.283. The highest BCUT2D eigenvalue weighted by Crippen LogP contribution is 2.45. The molecular weight excluding hydrogens is 493 g/mol. The first-order valence-electron chi connectivity index (χ1n) is 13.3. The molecule has 5 nitrogen and oxygen atoms in total. The van der Waals surface area contributed by atoms with E-state index in [-0.39, 0.29) is 18.2 Å². The molecule has 0 saturated heterocycles.